The van der Waals surface area contributed by atoms with Gasteiger partial charge in [0.25, 0.3) is 0 Å². The second kappa shape index (κ2) is 18.8. The molecule has 0 aromatic rings. The number of carbonyl (C=O) groups is 1. The molecule has 0 saturated carbocycles. The van der Waals surface area contributed by atoms with E-state index in [1.54, 1.807) is 6.92 Å². The van der Waals surface area contributed by atoms with Crippen LogP contribution in [0.25, 0.3) is 0 Å². The Morgan fingerprint density at radius 1 is 0.692 bits per heavy atom. The topological polar surface area (TPSA) is 72.5 Å². The van der Waals surface area contributed by atoms with Crippen LogP contribution in [0.5, 0.6) is 0 Å². The monoisotopic (exact) mass is 376 g/mol. The first-order chi connectivity index (χ1) is 12.5. The van der Waals surface area contributed by atoms with Crippen molar-refractivity contribution in [3.05, 3.63) is 12.2 Å². The molecule has 154 valence electrons. The minimum atomic E-state index is -0.398. The van der Waals surface area contributed by atoms with Gasteiger partial charge in [0.2, 0.25) is 0 Å². The number of ether oxygens (including phenoxy) is 6. The third kappa shape index (κ3) is 19.3. The van der Waals surface area contributed by atoms with Gasteiger partial charge in [0.15, 0.2) is 0 Å². The molecule has 0 atom stereocenters. The van der Waals surface area contributed by atoms with E-state index in [1.165, 1.54) is 0 Å². The van der Waals surface area contributed by atoms with Gasteiger partial charge >= 0.3 is 5.97 Å². The van der Waals surface area contributed by atoms with Gasteiger partial charge in [0, 0.05) is 12.2 Å². The summed E-state index contributed by atoms with van der Waals surface area (Å²) in [5.41, 5.74) is 0.383. The van der Waals surface area contributed by atoms with Crippen molar-refractivity contribution in [1.82, 2.24) is 0 Å². The fourth-order valence-electron chi connectivity index (χ4n) is 1.62. The quantitative estimate of drug-likeness (QED) is 0.194. The maximum atomic E-state index is 11.1. The average Bonchev–Trinajstić information content (AvgIpc) is 2.60. The van der Waals surface area contributed by atoms with Gasteiger partial charge in [-0.1, -0.05) is 20.4 Å². The first-order valence-corrected chi connectivity index (χ1v) is 9.25. The molecule has 0 aliphatic carbocycles. The predicted octanol–water partition coefficient (Wildman–Crippen LogP) is 2.23. The van der Waals surface area contributed by atoms with Crippen LogP contribution in [0.2, 0.25) is 0 Å². The van der Waals surface area contributed by atoms with Gasteiger partial charge in [-0.15, -0.1) is 0 Å². The summed E-state index contributed by atoms with van der Waals surface area (Å²) in [4.78, 5) is 11.1. The summed E-state index contributed by atoms with van der Waals surface area (Å²) in [5.74, 6) is 0.272. The molecule has 0 aromatic carbocycles. The Hall–Kier alpha value is -0.990. The normalized spacial score (nSPS) is 11.1. The zero-order valence-corrected chi connectivity index (χ0v) is 16.6. The number of rotatable bonds is 19. The molecular formula is C19H36O7. The first-order valence-electron chi connectivity index (χ1n) is 9.25. The number of hydrogen-bond donors (Lipinski definition) is 0. The smallest absolute Gasteiger partial charge is 0.333 e. The molecule has 0 rings (SSSR count). The zero-order chi connectivity index (χ0) is 19.5. The molecule has 0 aliphatic rings. The van der Waals surface area contributed by atoms with Crippen molar-refractivity contribution < 1.29 is 33.2 Å². The molecule has 7 heteroatoms. The highest BCUT2D eigenvalue weighted by molar-refractivity contribution is 5.86. The van der Waals surface area contributed by atoms with E-state index in [0.29, 0.717) is 71.0 Å². The number of carbonyl (C=O) groups excluding carboxylic acids is 1. The molecule has 0 bridgehead atoms. The molecule has 0 aliphatic heterocycles. The largest absolute Gasteiger partial charge is 0.460 e. The van der Waals surface area contributed by atoms with Crippen LogP contribution in [0.3, 0.4) is 0 Å². The van der Waals surface area contributed by atoms with E-state index >= 15 is 0 Å². The molecule has 0 amide bonds. The van der Waals surface area contributed by atoms with Crippen LogP contribution in [0.1, 0.15) is 27.2 Å². The first kappa shape index (κ1) is 25.0. The highest BCUT2D eigenvalue weighted by atomic mass is 16.6. The predicted molar refractivity (Wildman–Crippen MR) is 99.3 cm³/mol. The van der Waals surface area contributed by atoms with E-state index in [0.717, 1.165) is 13.0 Å². The lowest BCUT2D eigenvalue weighted by molar-refractivity contribution is -0.140. The fourth-order valence-corrected chi connectivity index (χ4v) is 1.62. The SMILES string of the molecule is C=C(C)C(=O)OCCOCCOCCOCCOCCOCCC(C)C. The Labute approximate surface area is 157 Å². The van der Waals surface area contributed by atoms with Gasteiger partial charge in [-0.25, -0.2) is 4.79 Å². The summed E-state index contributed by atoms with van der Waals surface area (Å²) in [5, 5.41) is 0. The number of hydrogen-bond acceptors (Lipinski definition) is 7. The molecular weight excluding hydrogens is 340 g/mol. The average molecular weight is 376 g/mol. The van der Waals surface area contributed by atoms with Crippen LogP contribution in [-0.2, 0) is 33.2 Å². The third-order valence-electron chi connectivity index (χ3n) is 3.14. The van der Waals surface area contributed by atoms with Crippen LogP contribution in [0, 0.1) is 5.92 Å². The lowest BCUT2D eigenvalue weighted by Gasteiger charge is -2.08. The van der Waals surface area contributed by atoms with Gasteiger partial charge in [-0.05, 0) is 19.3 Å². The van der Waals surface area contributed by atoms with Crippen molar-refractivity contribution in [2.45, 2.75) is 27.2 Å². The van der Waals surface area contributed by atoms with Gasteiger partial charge in [-0.3, -0.25) is 0 Å². The summed E-state index contributed by atoms with van der Waals surface area (Å²) in [6.07, 6.45) is 1.08. The Balaban J connectivity index is 3.07. The van der Waals surface area contributed by atoms with Crippen LogP contribution in [-0.4, -0.2) is 78.6 Å². The van der Waals surface area contributed by atoms with E-state index in [4.69, 9.17) is 28.4 Å². The molecule has 0 unspecified atom stereocenters. The van der Waals surface area contributed by atoms with Crippen LogP contribution < -0.4 is 0 Å². The molecule has 0 heterocycles. The van der Waals surface area contributed by atoms with Crippen molar-refractivity contribution in [3.63, 3.8) is 0 Å². The fraction of sp³-hybridized carbons (Fsp3) is 0.842. The van der Waals surface area contributed by atoms with Crippen molar-refractivity contribution in [2.75, 3.05) is 72.7 Å². The minimum Gasteiger partial charge on any atom is -0.460 e. The molecule has 0 saturated heterocycles. The molecule has 0 fully saturated rings. The van der Waals surface area contributed by atoms with Crippen molar-refractivity contribution in [3.8, 4) is 0 Å². The van der Waals surface area contributed by atoms with E-state index in [9.17, 15) is 4.79 Å². The lowest BCUT2D eigenvalue weighted by atomic mass is 10.1. The molecule has 0 radical (unpaired) electrons. The summed E-state index contributed by atoms with van der Waals surface area (Å²) in [7, 11) is 0. The second-order valence-electron chi connectivity index (χ2n) is 6.16. The highest BCUT2D eigenvalue weighted by Crippen LogP contribution is 1.98. The molecule has 0 spiro atoms. The van der Waals surface area contributed by atoms with Gasteiger partial charge in [-0.2, -0.15) is 0 Å². The highest BCUT2D eigenvalue weighted by Gasteiger charge is 2.01. The Morgan fingerprint density at radius 3 is 1.38 bits per heavy atom. The van der Waals surface area contributed by atoms with E-state index < -0.39 is 5.97 Å². The maximum absolute atomic E-state index is 11.1. The second-order valence-corrected chi connectivity index (χ2v) is 6.16. The summed E-state index contributed by atoms with van der Waals surface area (Å²) < 4.78 is 31.8. The molecule has 26 heavy (non-hydrogen) atoms. The van der Waals surface area contributed by atoms with Gasteiger partial charge in [0.1, 0.15) is 6.61 Å². The van der Waals surface area contributed by atoms with Crippen LogP contribution in [0.15, 0.2) is 12.2 Å². The van der Waals surface area contributed by atoms with Crippen LogP contribution in [0.4, 0.5) is 0 Å². The van der Waals surface area contributed by atoms with Gasteiger partial charge < -0.3 is 28.4 Å². The molecule has 0 aromatic heterocycles. The Morgan fingerprint density at radius 2 is 1.04 bits per heavy atom. The maximum Gasteiger partial charge on any atom is 0.333 e. The third-order valence-corrected chi connectivity index (χ3v) is 3.14. The van der Waals surface area contributed by atoms with Crippen molar-refractivity contribution >= 4 is 5.97 Å². The lowest BCUT2D eigenvalue weighted by Crippen LogP contribution is -2.15. The van der Waals surface area contributed by atoms with E-state index in [1.807, 2.05) is 0 Å². The standard InChI is InChI=1S/C19H36O7/c1-17(2)5-6-21-7-8-22-9-10-23-11-12-24-13-14-25-15-16-26-19(20)18(3)4/h17H,3,5-16H2,1-2,4H3. The molecule has 0 N–H and O–H groups in total. The van der Waals surface area contributed by atoms with Gasteiger partial charge in [0.05, 0.1) is 59.5 Å². The summed E-state index contributed by atoms with van der Waals surface area (Å²) >= 11 is 0. The summed E-state index contributed by atoms with van der Waals surface area (Å²) in [6, 6.07) is 0. The summed E-state index contributed by atoms with van der Waals surface area (Å²) in [6.45, 7) is 15.1. The Bertz CT molecular complexity index is 345. The van der Waals surface area contributed by atoms with E-state index in [-0.39, 0.29) is 6.61 Å². The Kier molecular flexibility index (Phi) is 18.1. The van der Waals surface area contributed by atoms with Crippen molar-refractivity contribution in [2.24, 2.45) is 5.92 Å². The molecule has 7 nitrogen and oxygen atoms in total. The van der Waals surface area contributed by atoms with Crippen molar-refractivity contribution in [1.29, 1.82) is 0 Å². The zero-order valence-electron chi connectivity index (χ0n) is 16.6. The number of esters is 1. The minimum absolute atomic E-state index is 0.220. The van der Waals surface area contributed by atoms with E-state index in [2.05, 4.69) is 20.4 Å². The van der Waals surface area contributed by atoms with Crippen LogP contribution >= 0.6 is 0 Å².